The molecule has 0 saturated heterocycles. The van der Waals surface area contributed by atoms with Crippen molar-refractivity contribution in [2.75, 3.05) is 26.2 Å². The molecule has 0 fully saturated rings. The minimum absolute atomic E-state index is 0.166. The third kappa shape index (κ3) is 11.9. The monoisotopic (exact) mass is 846 g/mol. The molecule has 0 atom stereocenters. The molecule has 14 nitrogen and oxygen atoms in total. The second-order valence-corrected chi connectivity index (χ2v) is 17.5. The number of ether oxygens (including phenoxy) is 2. The van der Waals surface area contributed by atoms with Gasteiger partial charge in [-0.15, -0.1) is 0 Å². The summed E-state index contributed by atoms with van der Waals surface area (Å²) in [6, 6.07) is 8.07. The molecule has 2 aliphatic heterocycles. The van der Waals surface area contributed by atoms with Crippen molar-refractivity contribution in [1.29, 1.82) is 0 Å². The first-order valence-electron chi connectivity index (χ1n) is 21.1. The van der Waals surface area contributed by atoms with Gasteiger partial charge in [-0.3, -0.25) is 9.59 Å². The smallest absolute Gasteiger partial charge is 0.407 e. The zero-order valence-electron chi connectivity index (χ0n) is 37.9. The fourth-order valence-electron chi connectivity index (χ4n) is 7.32. The summed E-state index contributed by atoms with van der Waals surface area (Å²) in [4.78, 5) is 67.9. The molecule has 0 aliphatic carbocycles. The van der Waals surface area contributed by atoms with Crippen LogP contribution in [0.1, 0.15) is 120 Å². The molecule has 0 saturated carbocycles. The first-order valence-corrected chi connectivity index (χ1v) is 21.1. The van der Waals surface area contributed by atoms with Crippen molar-refractivity contribution in [3.8, 4) is 0 Å². The van der Waals surface area contributed by atoms with Gasteiger partial charge in [-0.2, -0.15) is 0 Å². The van der Waals surface area contributed by atoms with Gasteiger partial charge in [-0.25, -0.2) is 19.6 Å². The Morgan fingerprint density at radius 2 is 1.06 bits per heavy atom. The quantitative estimate of drug-likeness (QED) is 0.0869. The number of allylic oxidation sites excluding steroid dienone is 5. The zero-order chi connectivity index (χ0) is 45.5. The van der Waals surface area contributed by atoms with Crippen LogP contribution in [0.5, 0.6) is 0 Å². The molecule has 5 rings (SSSR count). The van der Waals surface area contributed by atoms with E-state index in [0.29, 0.717) is 18.5 Å². The molecule has 62 heavy (non-hydrogen) atoms. The number of H-pyrrole nitrogens is 2. The fraction of sp³-hybridized carbons (Fsp3) is 0.417. The van der Waals surface area contributed by atoms with Crippen LogP contribution in [0.4, 0.5) is 9.59 Å². The SMILES string of the molecule is C=CC1=C(C)c2cc3[nH]c(cc4nc(cc5[nH]c(cc1n2)c(C)c5CCC(=O)NCCNC(=O)OC(C)(C)C)C(CCC(=O)NCCNC(=O)OC(C)(C)C)=C4C)c(C)c3C=C. The van der Waals surface area contributed by atoms with Crippen LogP contribution in [-0.2, 0) is 25.5 Å². The number of aromatic amines is 2. The summed E-state index contributed by atoms with van der Waals surface area (Å²) in [5, 5.41) is 11.1. The van der Waals surface area contributed by atoms with Gasteiger partial charge in [-0.1, -0.05) is 25.3 Å². The maximum atomic E-state index is 13.2. The minimum Gasteiger partial charge on any atom is -0.444 e. The molecule has 8 bridgehead atoms. The Balaban J connectivity index is 1.53. The standard InChI is InChI=1S/C48H62N8O6/c1-13-31-27(3)35-23-36-29(5)33(15-17-43(57)49-19-21-51-45(59)61-47(7,8)9)41(55-36)26-42-34(16-18-44(58)50-20-22-52-46(60)62-48(10,11)12)30(6)38(56-42)25-40-32(14-2)28(4)37(54-40)24-39(31)53-35/h13-14,23-26,53,56H,1-2,15-22H2,3-12H3,(H,49,57)(H,50,58)(H,51,59)(H,52,60). The van der Waals surface area contributed by atoms with Gasteiger partial charge in [0.05, 0.1) is 22.8 Å². The van der Waals surface area contributed by atoms with Gasteiger partial charge in [0, 0.05) is 72.2 Å². The van der Waals surface area contributed by atoms with E-state index < -0.39 is 23.4 Å². The second-order valence-electron chi connectivity index (χ2n) is 17.5. The summed E-state index contributed by atoms with van der Waals surface area (Å²) in [6.07, 6.45) is 3.77. The number of amides is 4. The molecule has 6 N–H and O–H groups in total. The van der Waals surface area contributed by atoms with E-state index in [9.17, 15) is 19.2 Å². The lowest BCUT2D eigenvalue weighted by atomic mass is 10.00. The van der Waals surface area contributed by atoms with Crippen molar-refractivity contribution < 1.29 is 28.7 Å². The number of nitrogens with one attached hydrogen (secondary N) is 6. The lowest BCUT2D eigenvalue weighted by molar-refractivity contribution is -0.121. The molecule has 0 radical (unpaired) electrons. The Hall–Kier alpha value is -6.44. The van der Waals surface area contributed by atoms with E-state index in [4.69, 9.17) is 19.4 Å². The molecule has 330 valence electrons. The Kier molecular flexibility index (Phi) is 14.7. The van der Waals surface area contributed by atoms with Crippen LogP contribution in [-0.4, -0.2) is 81.3 Å². The number of fused-ring (bicyclic) bond motifs is 8. The van der Waals surface area contributed by atoms with Crippen LogP contribution in [0.25, 0.3) is 50.4 Å². The second kappa shape index (κ2) is 19.5. The summed E-state index contributed by atoms with van der Waals surface area (Å²) in [7, 11) is 0. The van der Waals surface area contributed by atoms with Crippen molar-refractivity contribution >= 4 is 74.4 Å². The molecule has 0 unspecified atom stereocenters. The predicted molar refractivity (Wildman–Crippen MR) is 248 cm³/mol. The van der Waals surface area contributed by atoms with Crippen molar-refractivity contribution in [3.05, 3.63) is 88.5 Å². The number of hydrogen-bond donors (Lipinski definition) is 6. The van der Waals surface area contributed by atoms with Crippen molar-refractivity contribution in [1.82, 2.24) is 41.2 Å². The summed E-state index contributed by atoms with van der Waals surface area (Å²) >= 11 is 0. The number of carbonyl (C=O) groups excluding carboxylic acids is 4. The van der Waals surface area contributed by atoms with E-state index >= 15 is 0 Å². The molecule has 0 spiro atoms. The number of aryl methyl sites for hydroxylation is 3. The van der Waals surface area contributed by atoms with Crippen LogP contribution < -0.4 is 21.3 Å². The molecule has 3 aromatic rings. The molecule has 14 heteroatoms. The Morgan fingerprint density at radius 1 is 0.597 bits per heavy atom. The van der Waals surface area contributed by atoms with Crippen LogP contribution in [0, 0.1) is 13.8 Å². The highest BCUT2D eigenvalue weighted by Crippen LogP contribution is 2.36. The van der Waals surface area contributed by atoms with Crippen LogP contribution >= 0.6 is 0 Å². The highest BCUT2D eigenvalue weighted by atomic mass is 16.6. The molecule has 5 heterocycles. The fourth-order valence-corrected chi connectivity index (χ4v) is 7.32. The maximum absolute atomic E-state index is 13.2. The molecule has 4 amide bonds. The van der Waals surface area contributed by atoms with Crippen molar-refractivity contribution in [2.45, 2.75) is 106 Å². The normalized spacial score (nSPS) is 12.8. The maximum Gasteiger partial charge on any atom is 0.407 e. The first kappa shape index (κ1) is 46.6. The largest absolute Gasteiger partial charge is 0.444 e. The van der Waals surface area contributed by atoms with Gasteiger partial charge in [-0.05, 0) is 140 Å². The van der Waals surface area contributed by atoms with E-state index in [1.54, 1.807) is 41.5 Å². The number of carbonyl (C=O) groups is 4. The Bertz CT molecular complexity index is 2510. The highest BCUT2D eigenvalue weighted by molar-refractivity contribution is 5.98. The number of rotatable bonds is 14. The average Bonchev–Trinajstić information content (AvgIpc) is 3.84. The van der Waals surface area contributed by atoms with Crippen molar-refractivity contribution in [2.24, 2.45) is 0 Å². The van der Waals surface area contributed by atoms with E-state index in [1.807, 2.05) is 64.1 Å². The number of alkyl carbamates (subject to hydrolysis) is 2. The van der Waals surface area contributed by atoms with Crippen LogP contribution in [0.2, 0.25) is 0 Å². The first-order chi connectivity index (χ1) is 29.2. The third-order valence-corrected chi connectivity index (χ3v) is 10.5. The minimum atomic E-state index is -0.622. The van der Waals surface area contributed by atoms with Gasteiger partial charge >= 0.3 is 12.2 Å². The number of hydrogen-bond acceptors (Lipinski definition) is 8. The van der Waals surface area contributed by atoms with Crippen molar-refractivity contribution in [3.63, 3.8) is 0 Å². The van der Waals surface area contributed by atoms with E-state index in [2.05, 4.69) is 44.4 Å². The lowest BCUT2D eigenvalue weighted by Gasteiger charge is -2.19. The Morgan fingerprint density at radius 3 is 1.63 bits per heavy atom. The van der Waals surface area contributed by atoms with Gasteiger partial charge in [0.1, 0.15) is 11.2 Å². The predicted octanol–water partition coefficient (Wildman–Crippen LogP) is 8.62. The van der Waals surface area contributed by atoms with Gasteiger partial charge in [0.25, 0.3) is 0 Å². The van der Waals surface area contributed by atoms with E-state index in [0.717, 1.165) is 83.7 Å². The molecule has 2 aliphatic rings. The topological polar surface area (TPSA) is 192 Å². The summed E-state index contributed by atoms with van der Waals surface area (Å²) < 4.78 is 10.6. The highest BCUT2D eigenvalue weighted by Gasteiger charge is 2.22. The van der Waals surface area contributed by atoms with Crippen LogP contribution in [0.15, 0.2) is 43.5 Å². The zero-order valence-corrected chi connectivity index (χ0v) is 37.9. The number of aromatic nitrogens is 4. The Labute approximate surface area is 364 Å². The average molecular weight is 847 g/mol. The molecular weight excluding hydrogens is 785 g/mol. The van der Waals surface area contributed by atoms with Gasteiger partial charge in [0.15, 0.2) is 0 Å². The summed E-state index contributed by atoms with van der Waals surface area (Å²) in [5.41, 5.74) is 12.7. The summed E-state index contributed by atoms with van der Waals surface area (Å²) in [5.74, 6) is -0.335. The molecule has 0 aromatic carbocycles. The lowest BCUT2D eigenvalue weighted by Crippen LogP contribution is -2.37. The van der Waals surface area contributed by atoms with E-state index in [-0.39, 0.29) is 50.8 Å². The van der Waals surface area contributed by atoms with E-state index in [1.165, 1.54) is 0 Å². The number of nitrogens with zero attached hydrogens (tertiary/aromatic N) is 2. The third-order valence-electron chi connectivity index (χ3n) is 10.5. The van der Waals surface area contributed by atoms with Gasteiger partial charge in [0.2, 0.25) is 11.8 Å². The van der Waals surface area contributed by atoms with Gasteiger partial charge < -0.3 is 40.7 Å². The van der Waals surface area contributed by atoms with Crippen LogP contribution in [0.3, 0.4) is 0 Å². The summed E-state index contributed by atoms with van der Waals surface area (Å²) in [6.45, 7) is 28.0. The molecule has 3 aromatic heterocycles. The molecular formula is C48H62N8O6.